The lowest BCUT2D eigenvalue weighted by Gasteiger charge is -2.22. The molecule has 1 fully saturated rings. The molecule has 0 radical (unpaired) electrons. The molecule has 0 bridgehead atoms. The quantitative estimate of drug-likeness (QED) is 0.618. The molecule has 2 unspecified atom stereocenters. The first kappa shape index (κ1) is 11.0. The third kappa shape index (κ3) is 3.63. The van der Waals surface area contributed by atoms with E-state index in [1.807, 2.05) is 0 Å². The average Bonchev–Trinajstić information content (AvgIpc) is 2.95. The number of rotatable bonds is 7. The van der Waals surface area contributed by atoms with Gasteiger partial charge in [0.15, 0.2) is 0 Å². The van der Waals surface area contributed by atoms with Crippen molar-refractivity contribution in [1.82, 2.24) is 5.32 Å². The van der Waals surface area contributed by atoms with Gasteiger partial charge in [0.2, 0.25) is 0 Å². The first-order chi connectivity index (χ1) is 6.31. The van der Waals surface area contributed by atoms with Gasteiger partial charge in [0.05, 0.1) is 19.3 Å². The van der Waals surface area contributed by atoms with Gasteiger partial charge in [0.25, 0.3) is 0 Å². The number of nitrogens with one attached hydrogen (secondary N) is 1. The molecule has 0 aliphatic heterocycles. The van der Waals surface area contributed by atoms with Gasteiger partial charge in [-0.05, 0) is 25.2 Å². The molecule has 1 aliphatic rings. The van der Waals surface area contributed by atoms with Gasteiger partial charge in [0, 0.05) is 13.2 Å². The Labute approximate surface area is 80.5 Å². The fourth-order valence-corrected chi connectivity index (χ4v) is 1.74. The highest BCUT2D eigenvalue weighted by molar-refractivity contribution is 4.87. The van der Waals surface area contributed by atoms with Crippen LogP contribution in [0.3, 0.4) is 0 Å². The molecule has 3 heteroatoms. The molecule has 2 N–H and O–H groups in total. The highest BCUT2D eigenvalue weighted by Crippen LogP contribution is 2.34. The molecule has 0 saturated heterocycles. The minimum Gasteiger partial charge on any atom is -0.395 e. The first-order valence-corrected chi connectivity index (χ1v) is 5.17. The standard InChI is InChI=1S/C10H21NO2/c1-3-10(8-4-5-8)11-9(6-12)7-13-2/h8-12H,3-7H2,1-2H3. The summed E-state index contributed by atoms with van der Waals surface area (Å²) in [5.74, 6) is 0.843. The molecule has 0 aromatic heterocycles. The van der Waals surface area contributed by atoms with E-state index in [1.165, 1.54) is 12.8 Å². The van der Waals surface area contributed by atoms with Gasteiger partial charge in [-0.1, -0.05) is 6.92 Å². The van der Waals surface area contributed by atoms with E-state index in [4.69, 9.17) is 9.84 Å². The third-order valence-electron chi connectivity index (χ3n) is 2.67. The van der Waals surface area contributed by atoms with Crippen LogP contribution in [0.25, 0.3) is 0 Å². The zero-order chi connectivity index (χ0) is 9.68. The molecule has 0 amide bonds. The summed E-state index contributed by atoms with van der Waals surface area (Å²) in [7, 11) is 1.67. The van der Waals surface area contributed by atoms with Gasteiger partial charge in [-0.25, -0.2) is 0 Å². The van der Waals surface area contributed by atoms with E-state index in [1.54, 1.807) is 7.11 Å². The molecule has 1 rings (SSSR count). The van der Waals surface area contributed by atoms with Gasteiger partial charge in [-0.15, -0.1) is 0 Å². The Kier molecular flexibility index (Phi) is 4.70. The molecule has 0 spiro atoms. The first-order valence-electron chi connectivity index (χ1n) is 5.17. The minimum absolute atomic E-state index is 0.107. The molecule has 1 aliphatic carbocycles. The number of hydrogen-bond acceptors (Lipinski definition) is 3. The number of methoxy groups -OCH3 is 1. The van der Waals surface area contributed by atoms with Gasteiger partial charge in [-0.2, -0.15) is 0 Å². The van der Waals surface area contributed by atoms with Crippen molar-refractivity contribution in [1.29, 1.82) is 0 Å². The lowest BCUT2D eigenvalue weighted by molar-refractivity contribution is 0.119. The zero-order valence-corrected chi connectivity index (χ0v) is 8.62. The maximum Gasteiger partial charge on any atom is 0.0638 e. The second-order valence-corrected chi connectivity index (χ2v) is 3.85. The van der Waals surface area contributed by atoms with E-state index in [9.17, 15) is 0 Å². The fourth-order valence-electron chi connectivity index (χ4n) is 1.74. The topological polar surface area (TPSA) is 41.5 Å². The Morgan fingerprint density at radius 2 is 2.23 bits per heavy atom. The molecular formula is C10H21NO2. The second-order valence-electron chi connectivity index (χ2n) is 3.85. The smallest absolute Gasteiger partial charge is 0.0638 e. The van der Waals surface area contributed by atoms with Gasteiger partial charge in [0.1, 0.15) is 0 Å². The van der Waals surface area contributed by atoms with Crippen LogP contribution in [-0.2, 0) is 4.74 Å². The summed E-state index contributed by atoms with van der Waals surface area (Å²) in [5.41, 5.74) is 0. The molecule has 2 atom stereocenters. The van der Waals surface area contributed by atoms with E-state index in [2.05, 4.69) is 12.2 Å². The maximum absolute atomic E-state index is 9.06. The lowest BCUT2D eigenvalue weighted by Crippen LogP contribution is -2.44. The summed E-state index contributed by atoms with van der Waals surface area (Å²) in [6.07, 6.45) is 3.83. The molecule has 0 aromatic carbocycles. The highest BCUT2D eigenvalue weighted by Gasteiger charge is 2.30. The SMILES string of the molecule is CCC(NC(CO)COC)C1CC1. The van der Waals surface area contributed by atoms with Crippen LogP contribution in [0, 0.1) is 5.92 Å². The average molecular weight is 187 g/mol. The van der Waals surface area contributed by atoms with Crippen LogP contribution in [-0.4, -0.2) is 37.5 Å². The Morgan fingerprint density at radius 3 is 2.62 bits per heavy atom. The summed E-state index contributed by atoms with van der Waals surface area (Å²) in [6.45, 7) is 2.95. The van der Waals surface area contributed by atoms with Crippen molar-refractivity contribution in [3.05, 3.63) is 0 Å². The number of aliphatic hydroxyl groups excluding tert-OH is 1. The molecule has 0 aromatic rings. The van der Waals surface area contributed by atoms with Gasteiger partial charge in [-0.3, -0.25) is 0 Å². The predicted molar refractivity (Wildman–Crippen MR) is 52.7 cm³/mol. The van der Waals surface area contributed by atoms with Crippen LogP contribution in [0.2, 0.25) is 0 Å². The Hall–Kier alpha value is -0.120. The van der Waals surface area contributed by atoms with Crippen molar-refractivity contribution < 1.29 is 9.84 Å². The zero-order valence-electron chi connectivity index (χ0n) is 8.62. The Bertz CT molecular complexity index is 137. The Morgan fingerprint density at radius 1 is 1.54 bits per heavy atom. The summed E-state index contributed by atoms with van der Waals surface area (Å²) >= 11 is 0. The van der Waals surface area contributed by atoms with E-state index < -0.39 is 0 Å². The lowest BCUT2D eigenvalue weighted by atomic mass is 10.1. The molecular weight excluding hydrogens is 166 g/mol. The molecule has 0 heterocycles. The van der Waals surface area contributed by atoms with Crippen LogP contribution >= 0.6 is 0 Å². The van der Waals surface area contributed by atoms with Crippen LogP contribution in [0.4, 0.5) is 0 Å². The largest absolute Gasteiger partial charge is 0.395 e. The van der Waals surface area contributed by atoms with E-state index >= 15 is 0 Å². The summed E-state index contributed by atoms with van der Waals surface area (Å²) in [4.78, 5) is 0. The molecule has 3 nitrogen and oxygen atoms in total. The number of ether oxygens (including phenoxy) is 1. The molecule has 1 saturated carbocycles. The second kappa shape index (κ2) is 5.58. The van der Waals surface area contributed by atoms with E-state index in [0.29, 0.717) is 12.6 Å². The van der Waals surface area contributed by atoms with Gasteiger partial charge >= 0.3 is 0 Å². The fraction of sp³-hybridized carbons (Fsp3) is 1.00. The predicted octanol–water partition coefficient (Wildman–Crippen LogP) is 0.772. The minimum atomic E-state index is 0.107. The summed E-state index contributed by atoms with van der Waals surface area (Å²) in [5, 5.41) is 12.5. The Balaban J connectivity index is 2.24. The van der Waals surface area contributed by atoms with Crippen LogP contribution in [0.5, 0.6) is 0 Å². The number of aliphatic hydroxyl groups is 1. The van der Waals surface area contributed by atoms with Crippen molar-refractivity contribution in [2.24, 2.45) is 5.92 Å². The summed E-state index contributed by atoms with van der Waals surface area (Å²) in [6, 6.07) is 0.683. The molecule has 13 heavy (non-hydrogen) atoms. The highest BCUT2D eigenvalue weighted by atomic mass is 16.5. The number of hydrogen-bond donors (Lipinski definition) is 2. The van der Waals surface area contributed by atoms with Crippen molar-refractivity contribution in [2.75, 3.05) is 20.3 Å². The van der Waals surface area contributed by atoms with Crippen LogP contribution < -0.4 is 5.32 Å². The van der Waals surface area contributed by atoms with Crippen molar-refractivity contribution in [2.45, 2.75) is 38.3 Å². The monoisotopic (exact) mass is 187 g/mol. The van der Waals surface area contributed by atoms with Crippen LogP contribution in [0.1, 0.15) is 26.2 Å². The maximum atomic E-state index is 9.06. The summed E-state index contributed by atoms with van der Waals surface area (Å²) < 4.78 is 5.02. The van der Waals surface area contributed by atoms with Crippen molar-refractivity contribution >= 4 is 0 Å². The van der Waals surface area contributed by atoms with E-state index in [0.717, 1.165) is 12.3 Å². The third-order valence-corrected chi connectivity index (χ3v) is 2.67. The molecule has 78 valence electrons. The van der Waals surface area contributed by atoms with Crippen molar-refractivity contribution in [3.63, 3.8) is 0 Å². The van der Waals surface area contributed by atoms with E-state index in [-0.39, 0.29) is 12.6 Å². The van der Waals surface area contributed by atoms with Gasteiger partial charge < -0.3 is 15.2 Å². The van der Waals surface area contributed by atoms with Crippen molar-refractivity contribution in [3.8, 4) is 0 Å². The normalized spacial score (nSPS) is 21.5. The van der Waals surface area contributed by atoms with Crippen LogP contribution in [0.15, 0.2) is 0 Å².